The van der Waals surface area contributed by atoms with E-state index < -0.39 is 0 Å². The fraction of sp³-hybridized carbons (Fsp3) is 0.286. The Morgan fingerprint density at radius 1 is 1.08 bits per heavy atom. The summed E-state index contributed by atoms with van der Waals surface area (Å²) >= 11 is 0. The van der Waals surface area contributed by atoms with Crippen molar-refractivity contribution in [2.24, 2.45) is 0 Å². The van der Waals surface area contributed by atoms with E-state index in [4.69, 9.17) is 4.52 Å². The molecule has 0 saturated carbocycles. The molecular weight excluding hydrogens is 326 g/mol. The molecule has 0 saturated heterocycles. The van der Waals surface area contributed by atoms with Crippen molar-refractivity contribution in [1.82, 2.24) is 15.5 Å². The van der Waals surface area contributed by atoms with Gasteiger partial charge in [-0.2, -0.15) is 4.98 Å². The van der Waals surface area contributed by atoms with E-state index in [-0.39, 0.29) is 18.4 Å². The maximum Gasteiger partial charge on any atom is 0.236 e. The summed E-state index contributed by atoms with van der Waals surface area (Å²) in [6.45, 7) is 8.10. The molecule has 5 heteroatoms. The van der Waals surface area contributed by atoms with Crippen LogP contribution in [-0.2, 0) is 11.2 Å². The van der Waals surface area contributed by atoms with E-state index in [0.717, 1.165) is 22.3 Å². The summed E-state index contributed by atoms with van der Waals surface area (Å²) in [6.07, 6.45) is 0.0636. The van der Waals surface area contributed by atoms with Crippen molar-refractivity contribution >= 4 is 5.91 Å². The Balaban J connectivity index is 1.64. The van der Waals surface area contributed by atoms with Crippen molar-refractivity contribution in [1.29, 1.82) is 0 Å². The molecule has 0 fully saturated rings. The monoisotopic (exact) mass is 349 g/mol. The fourth-order valence-electron chi connectivity index (χ4n) is 2.97. The predicted molar refractivity (Wildman–Crippen MR) is 101 cm³/mol. The topological polar surface area (TPSA) is 68.0 Å². The third kappa shape index (κ3) is 4.17. The number of carbonyl (C=O) groups excluding carboxylic acids is 1. The van der Waals surface area contributed by atoms with Crippen LogP contribution in [0.5, 0.6) is 0 Å². The first-order chi connectivity index (χ1) is 12.4. The van der Waals surface area contributed by atoms with Crippen molar-refractivity contribution < 1.29 is 9.32 Å². The van der Waals surface area contributed by atoms with Gasteiger partial charge >= 0.3 is 0 Å². The summed E-state index contributed by atoms with van der Waals surface area (Å²) in [7, 11) is 0. The summed E-state index contributed by atoms with van der Waals surface area (Å²) in [5.74, 6) is 0.665. The largest absolute Gasteiger partial charge is 0.349 e. The molecule has 0 radical (unpaired) electrons. The van der Waals surface area contributed by atoms with Gasteiger partial charge in [0.05, 0.1) is 6.04 Å². The Labute approximate surface area is 153 Å². The number of amides is 1. The highest BCUT2D eigenvalue weighted by molar-refractivity contribution is 5.78. The standard InChI is InChI=1S/C21H23N3O2/c1-13-5-8-17(9-6-13)21-23-20(26-24-21)12-19(25)22-16(4)18-10-7-14(2)11-15(18)3/h5-11,16H,12H2,1-4H3,(H,22,25). The minimum absolute atomic E-state index is 0.0636. The second kappa shape index (κ2) is 7.52. The van der Waals surface area contributed by atoms with Gasteiger partial charge < -0.3 is 9.84 Å². The van der Waals surface area contributed by atoms with Crippen LogP contribution >= 0.6 is 0 Å². The Kier molecular flexibility index (Phi) is 5.16. The highest BCUT2D eigenvalue weighted by atomic mass is 16.5. The van der Waals surface area contributed by atoms with E-state index in [2.05, 4.69) is 47.5 Å². The highest BCUT2D eigenvalue weighted by Crippen LogP contribution is 2.19. The Hall–Kier alpha value is -2.95. The predicted octanol–water partition coefficient (Wildman–Crippen LogP) is 4.08. The van der Waals surface area contributed by atoms with Gasteiger partial charge in [0.2, 0.25) is 17.6 Å². The normalized spacial score (nSPS) is 12.0. The first kappa shape index (κ1) is 17.9. The lowest BCUT2D eigenvalue weighted by Crippen LogP contribution is -2.28. The number of hydrogen-bond donors (Lipinski definition) is 1. The van der Waals surface area contributed by atoms with Crippen molar-refractivity contribution in [3.8, 4) is 11.4 Å². The zero-order valence-electron chi connectivity index (χ0n) is 15.5. The van der Waals surface area contributed by atoms with E-state index in [1.807, 2.05) is 38.1 Å². The molecule has 0 aliphatic carbocycles. The summed E-state index contributed by atoms with van der Waals surface area (Å²) < 4.78 is 5.22. The molecule has 0 spiro atoms. The van der Waals surface area contributed by atoms with Crippen LogP contribution in [-0.4, -0.2) is 16.0 Å². The first-order valence-electron chi connectivity index (χ1n) is 8.68. The van der Waals surface area contributed by atoms with E-state index in [1.54, 1.807) is 0 Å². The average molecular weight is 349 g/mol. The van der Waals surface area contributed by atoms with Crippen LogP contribution in [0.2, 0.25) is 0 Å². The highest BCUT2D eigenvalue weighted by Gasteiger charge is 2.16. The molecule has 1 aromatic heterocycles. The summed E-state index contributed by atoms with van der Waals surface area (Å²) in [4.78, 5) is 16.6. The van der Waals surface area contributed by atoms with Crippen LogP contribution in [0.1, 0.15) is 41.1 Å². The van der Waals surface area contributed by atoms with Gasteiger partial charge in [-0.3, -0.25) is 4.79 Å². The molecule has 2 aromatic carbocycles. The van der Waals surface area contributed by atoms with Crippen LogP contribution in [0.25, 0.3) is 11.4 Å². The zero-order chi connectivity index (χ0) is 18.7. The molecule has 1 N–H and O–H groups in total. The first-order valence-corrected chi connectivity index (χ1v) is 8.68. The fourth-order valence-corrected chi connectivity index (χ4v) is 2.97. The second-order valence-corrected chi connectivity index (χ2v) is 6.70. The van der Waals surface area contributed by atoms with Crippen molar-refractivity contribution in [2.45, 2.75) is 40.2 Å². The Bertz CT molecular complexity index is 913. The number of hydrogen-bond acceptors (Lipinski definition) is 4. The van der Waals surface area contributed by atoms with Crippen molar-refractivity contribution in [2.75, 3.05) is 0 Å². The Morgan fingerprint density at radius 2 is 1.77 bits per heavy atom. The van der Waals surface area contributed by atoms with Crippen LogP contribution in [0.15, 0.2) is 47.0 Å². The molecule has 26 heavy (non-hydrogen) atoms. The lowest BCUT2D eigenvalue weighted by Gasteiger charge is -2.16. The molecule has 1 atom stereocenters. The maximum atomic E-state index is 12.3. The molecule has 134 valence electrons. The summed E-state index contributed by atoms with van der Waals surface area (Å²) in [5.41, 5.74) is 5.51. The number of benzene rings is 2. The molecule has 3 rings (SSSR count). The molecule has 0 aliphatic heterocycles. The molecule has 1 amide bonds. The maximum absolute atomic E-state index is 12.3. The van der Waals surface area contributed by atoms with Gasteiger partial charge in [0.25, 0.3) is 0 Å². The molecule has 0 bridgehead atoms. The van der Waals surface area contributed by atoms with Gasteiger partial charge in [-0.25, -0.2) is 0 Å². The van der Waals surface area contributed by atoms with Crippen LogP contribution in [0.3, 0.4) is 0 Å². The van der Waals surface area contributed by atoms with Gasteiger partial charge in [-0.05, 0) is 38.8 Å². The number of aryl methyl sites for hydroxylation is 3. The SMILES string of the molecule is Cc1ccc(-c2noc(CC(=O)NC(C)c3ccc(C)cc3C)n2)cc1. The molecular formula is C21H23N3O2. The summed E-state index contributed by atoms with van der Waals surface area (Å²) in [6, 6.07) is 14.0. The van der Waals surface area contributed by atoms with Gasteiger partial charge in [-0.15, -0.1) is 0 Å². The molecule has 5 nitrogen and oxygen atoms in total. The lowest BCUT2D eigenvalue weighted by molar-refractivity contribution is -0.121. The Morgan fingerprint density at radius 3 is 2.46 bits per heavy atom. The minimum atomic E-state index is -0.142. The van der Waals surface area contributed by atoms with Gasteiger partial charge in [0.1, 0.15) is 6.42 Å². The van der Waals surface area contributed by atoms with Crippen molar-refractivity contribution in [3.63, 3.8) is 0 Å². The number of rotatable bonds is 5. The number of nitrogens with zero attached hydrogens (tertiary/aromatic N) is 2. The lowest BCUT2D eigenvalue weighted by atomic mass is 10.0. The van der Waals surface area contributed by atoms with Crippen LogP contribution in [0.4, 0.5) is 0 Å². The number of nitrogens with one attached hydrogen (secondary N) is 1. The van der Waals surface area contributed by atoms with Crippen LogP contribution in [0, 0.1) is 20.8 Å². The molecule has 0 aliphatic rings. The number of carbonyl (C=O) groups is 1. The smallest absolute Gasteiger partial charge is 0.236 e. The molecule has 1 unspecified atom stereocenters. The van der Waals surface area contributed by atoms with E-state index in [0.29, 0.717) is 11.7 Å². The zero-order valence-corrected chi connectivity index (χ0v) is 15.5. The summed E-state index contributed by atoms with van der Waals surface area (Å²) in [5, 5.41) is 6.96. The van der Waals surface area contributed by atoms with Gasteiger partial charge in [0.15, 0.2) is 0 Å². The van der Waals surface area contributed by atoms with E-state index in [9.17, 15) is 4.79 Å². The minimum Gasteiger partial charge on any atom is -0.349 e. The average Bonchev–Trinajstić information content (AvgIpc) is 3.03. The van der Waals surface area contributed by atoms with Gasteiger partial charge in [0, 0.05) is 5.56 Å². The third-order valence-corrected chi connectivity index (χ3v) is 4.36. The van der Waals surface area contributed by atoms with Crippen LogP contribution < -0.4 is 5.32 Å². The molecule has 1 heterocycles. The van der Waals surface area contributed by atoms with E-state index in [1.165, 1.54) is 5.56 Å². The molecule has 3 aromatic rings. The van der Waals surface area contributed by atoms with E-state index >= 15 is 0 Å². The third-order valence-electron chi connectivity index (χ3n) is 4.36. The quantitative estimate of drug-likeness (QED) is 0.753. The number of aromatic nitrogens is 2. The van der Waals surface area contributed by atoms with Gasteiger partial charge in [-0.1, -0.05) is 58.7 Å². The van der Waals surface area contributed by atoms with Crippen molar-refractivity contribution in [3.05, 3.63) is 70.6 Å². The second-order valence-electron chi connectivity index (χ2n) is 6.70.